The lowest BCUT2D eigenvalue weighted by atomic mass is 10.4. The van der Waals surface area contributed by atoms with Crippen molar-refractivity contribution in [3.63, 3.8) is 0 Å². The molecule has 0 amide bonds. The standard InChI is InChI=1S/C5H4BrIN2O2/c1-9-3(5(10)11-7)2-4(6)8-9/h2H,1H3. The van der Waals surface area contributed by atoms with Gasteiger partial charge in [0.15, 0.2) is 23.0 Å². The van der Waals surface area contributed by atoms with E-state index >= 15 is 0 Å². The van der Waals surface area contributed by atoms with Crippen LogP contribution in [0.5, 0.6) is 0 Å². The van der Waals surface area contributed by atoms with Gasteiger partial charge in [-0.1, -0.05) is 0 Å². The molecule has 1 aromatic rings. The molecule has 0 saturated heterocycles. The summed E-state index contributed by atoms with van der Waals surface area (Å²) in [4.78, 5) is 10.9. The summed E-state index contributed by atoms with van der Waals surface area (Å²) in [6, 6.07) is 1.60. The molecule has 60 valence electrons. The smallest absolute Gasteiger partial charge is 0.366 e. The minimum Gasteiger partial charge on any atom is -0.390 e. The SMILES string of the molecule is Cn1nc(Br)cc1C(=O)OI. The molecular weight excluding hydrogens is 327 g/mol. The molecule has 11 heavy (non-hydrogen) atoms. The predicted octanol–water partition coefficient (Wildman–Crippen LogP) is 1.69. The van der Waals surface area contributed by atoms with E-state index in [2.05, 4.69) is 24.1 Å². The van der Waals surface area contributed by atoms with Crippen LogP contribution in [0, 0.1) is 0 Å². The fourth-order valence-electron chi connectivity index (χ4n) is 0.663. The van der Waals surface area contributed by atoms with Gasteiger partial charge < -0.3 is 3.07 Å². The van der Waals surface area contributed by atoms with Crippen LogP contribution in [0.3, 0.4) is 0 Å². The maximum Gasteiger partial charge on any atom is 0.366 e. The van der Waals surface area contributed by atoms with E-state index in [1.54, 1.807) is 13.1 Å². The fraction of sp³-hybridized carbons (Fsp3) is 0.200. The molecule has 6 heteroatoms. The summed E-state index contributed by atoms with van der Waals surface area (Å²) in [6.45, 7) is 0. The first-order valence-electron chi connectivity index (χ1n) is 2.67. The van der Waals surface area contributed by atoms with Gasteiger partial charge >= 0.3 is 5.97 Å². The topological polar surface area (TPSA) is 44.1 Å². The van der Waals surface area contributed by atoms with E-state index in [1.807, 2.05) is 0 Å². The summed E-state index contributed by atoms with van der Waals surface area (Å²) in [7, 11) is 1.67. The molecule has 0 bridgehead atoms. The van der Waals surface area contributed by atoms with Crippen LogP contribution in [0.15, 0.2) is 10.7 Å². The molecule has 0 atom stereocenters. The lowest BCUT2D eigenvalue weighted by Crippen LogP contribution is -2.05. The van der Waals surface area contributed by atoms with Crippen molar-refractivity contribution in [2.75, 3.05) is 0 Å². The molecule has 0 N–H and O–H groups in total. The maximum atomic E-state index is 10.9. The molecular formula is C5H4BrIN2O2. The van der Waals surface area contributed by atoms with Crippen molar-refractivity contribution >= 4 is 44.9 Å². The van der Waals surface area contributed by atoms with Gasteiger partial charge in [-0.25, -0.2) is 4.79 Å². The van der Waals surface area contributed by atoms with Gasteiger partial charge in [0.05, 0.1) is 0 Å². The van der Waals surface area contributed by atoms with Gasteiger partial charge in [-0.05, 0) is 15.9 Å². The number of hydrogen-bond acceptors (Lipinski definition) is 3. The first kappa shape index (κ1) is 8.98. The third-order valence-corrected chi connectivity index (χ3v) is 1.92. The van der Waals surface area contributed by atoms with Crippen molar-refractivity contribution in [1.82, 2.24) is 9.78 Å². The van der Waals surface area contributed by atoms with Gasteiger partial charge in [-0.2, -0.15) is 5.10 Å². The first-order valence-corrected chi connectivity index (χ1v) is 4.35. The average Bonchev–Trinajstić information content (AvgIpc) is 2.28. The zero-order valence-electron chi connectivity index (χ0n) is 5.54. The molecule has 0 aliphatic heterocycles. The largest absolute Gasteiger partial charge is 0.390 e. The van der Waals surface area contributed by atoms with Crippen molar-refractivity contribution in [3.05, 3.63) is 16.4 Å². The Bertz CT molecular complexity index is 286. The highest BCUT2D eigenvalue weighted by molar-refractivity contribution is 14.1. The first-order chi connectivity index (χ1) is 5.15. The minimum absolute atomic E-state index is 0.397. The summed E-state index contributed by atoms with van der Waals surface area (Å²) in [5.74, 6) is -0.397. The third-order valence-electron chi connectivity index (χ3n) is 1.13. The van der Waals surface area contributed by atoms with E-state index in [4.69, 9.17) is 0 Å². The van der Waals surface area contributed by atoms with Gasteiger partial charge in [-0.15, -0.1) is 0 Å². The monoisotopic (exact) mass is 330 g/mol. The number of carbonyl (C=O) groups is 1. The summed E-state index contributed by atoms with van der Waals surface area (Å²) in [5.41, 5.74) is 0.422. The predicted molar refractivity (Wildman–Crippen MR) is 50.3 cm³/mol. The summed E-state index contributed by atoms with van der Waals surface area (Å²) in [6.07, 6.45) is 0. The quantitative estimate of drug-likeness (QED) is 0.736. The molecule has 0 fully saturated rings. The molecule has 0 saturated carbocycles. The van der Waals surface area contributed by atoms with E-state index in [0.717, 1.165) is 0 Å². The second-order valence-electron chi connectivity index (χ2n) is 1.84. The van der Waals surface area contributed by atoms with E-state index in [9.17, 15) is 4.79 Å². The number of nitrogens with zero attached hydrogens (tertiary/aromatic N) is 2. The van der Waals surface area contributed by atoms with E-state index in [1.165, 1.54) is 27.7 Å². The van der Waals surface area contributed by atoms with Gasteiger partial charge in [0.2, 0.25) is 0 Å². The van der Waals surface area contributed by atoms with Crippen LogP contribution < -0.4 is 0 Å². The number of aromatic nitrogens is 2. The molecule has 1 aromatic heterocycles. The Morgan fingerprint density at radius 1 is 1.91 bits per heavy atom. The normalized spacial score (nSPS) is 9.73. The number of hydrogen-bond donors (Lipinski definition) is 0. The van der Waals surface area contributed by atoms with Crippen LogP contribution in [-0.2, 0) is 10.1 Å². The average molecular weight is 331 g/mol. The number of carbonyl (C=O) groups excluding carboxylic acids is 1. The molecule has 4 nitrogen and oxygen atoms in total. The van der Waals surface area contributed by atoms with Crippen molar-refractivity contribution in [2.24, 2.45) is 7.05 Å². The Hall–Kier alpha value is -0.110. The summed E-state index contributed by atoms with van der Waals surface area (Å²) < 4.78 is 6.55. The van der Waals surface area contributed by atoms with E-state index in [0.29, 0.717) is 10.3 Å². The number of aryl methyl sites for hydroxylation is 1. The highest BCUT2D eigenvalue weighted by atomic mass is 127. The van der Waals surface area contributed by atoms with Crippen molar-refractivity contribution in [1.29, 1.82) is 0 Å². The number of rotatable bonds is 1. The number of halogens is 2. The molecule has 0 unspecified atom stereocenters. The Balaban J connectivity index is 3.03. The minimum atomic E-state index is -0.397. The summed E-state index contributed by atoms with van der Waals surface area (Å²) >= 11 is 4.68. The lowest BCUT2D eigenvalue weighted by Gasteiger charge is -1.94. The van der Waals surface area contributed by atoms with Crippen LogP contribution >= 0.6 is 38.9 Å². The Morgan fingerprint density at radius 3 is 2.91 bits per heavy atom. The summed E-state index contributed by atoms with van der Waals surface area (Å²) in [5, 5.41) is 3.91. The molecule has 1 rings (SSSR count). The molecule has 0 radical (unpaired) electrons. The van der Waals surface area contributed by atoms with Gasteiger partial charge in [0.1, 0.15) is 10.3 Å². The van der Waals surface area contributed by atoms with Crippen LogP contribution in [0.2, 0.25) is 0 Å². The van der Waals surface area contributed by atoms with Crippen molar-refractivity contribution in [3.8, 4) is 0 Å². The van der Waals surface area contributed by atoms with Crippen molar-refractivity contribution < 1.29 is 7.86 Å². The second kappa shape index (κ2) is 3.53. The lowest BCUT2D eigenvalue weighted by molar-refractivity contribution is 0.0789. The maximum absolute atomic E-state index is 10.9. The van der Waals surface area contributed by atoms with E-state index in [-0.39, 0.29) is 0 Å². The Kier molecular flexibility index (Phi) is 2.88. The zero-order chi connectivity index (χ0) is 8.43. The zero-order valence-corrected chi connectivity index (χ0v) is 9.29. The van der Waals surface area contributed by atoms with Gasteiger partial charge in [-0.3, -0.25) is 4.68 Å². The molecule has 0 spiro atoms. The Morgan fingerprint density at radius 2 is 2.55 bits per heavy atom. The highest BCUT2D eigenvalue weighted by Crippen LogP contribution is 2.11. The molecule has 0 aromatic carbocycles. The second-order valence-corrected chi connectivity index (χ2v) is 3.09. The van der Waals surface area contributed by atoms with Crippen molar-refractivity contribution in [2.45, 2.75) is 0 Å². The van der Waals surface area contributed by atoms with Gasteiger partial charge in [0.25, 0.3) is 0 Å². The third kappa shape index (κ3) is 1.92. The highest BCUT2D eigenvalue weighted by Gasteiger charge is 2.12. The molecule has 1 heterocycles. The molecule has 0 aliphatic rings. The Labute approximate surface area is 85.7 Å². The van der Waals surface area contributed by atoms with Gasteiger partial charge in [0, 0.05) is 13.1 Å². The van der Waals surface area contributed by atoms with E-state index < -0.39 is 5.97 Å². The van der Waals surface area contributed by atoms with Crippen LogP contribution in [-0.4, -0.2) is 15.7 Å². The van der Waals surface area contributed by atoms with Crippen LogP contribution in [0.1, 0.15) is 10.5 Å². The van der Waals surface area contributed by atoms with Crippen LogP contribution in [0.4, 0.5) is 0 Å². The fourth-order valence-corrected chi connectivity index (χ4v) is 1.34. The molecule has 0 aliphatic carbocycles. The van der Waals surface area contributed by atoms with Crippen LogP contribution in [0.25, 0.3) is 0 Å².